The van der Waals surface area contributed by atoms with Gasteiger partial charge in [-0.3, -0.25) is 4.79 Å². The fraction of sp³-hybridized carbons (Fsp3) is 0. The van der Waals surface area contributed by atoms with Crippen LogP contribution in [0.3, 0.4) is 0 Å². The van der Waals surface area contributed by atoms with E-state index in [2.05, 4.69) is 12.3 Å². The number of halogens is 3. The predicted octanol–water partition coefficient (Wildman–Crippen LogP) is 0.923. The molecule has 8 heavy (non-hydrogen) atoms. The van der Waals surface area contributed by atoms with Crippen LogP contribution in [0.5, 0.6) is 0 Å². The van der Waals surface area contributed by atoms with Crippen LogP contribution < -0.4 is 5.73 Å². The van der Waals surface area contributed by atoms with Crippen LogP contribution in [0.2, 0.25) is 0 Å². The van der Waals surface area contributed by atoms with Crippen LogP contribution >= 0.6 is 37.2 Å². The van der Waals surface area contributed by atoms with Crippen molar-refractivity contribution in [3.05, 3.63) is 12.7 Å². The zero-order valence-corrected chi connectivity index (χ0v) is 6.44. The Bertz CT molecular complexity index is 65.5. The van der Waals surface area contributed by atoms with Crippen LogP contribution in [-0.4, -0.2) is 5.91 Å². The first-order valence-electron chi connectivity index (χ1n) is 1.19. The van der Waals surface area contributed by atoms with Crippen molar-refractivity contribution < 1.29 is 4.79 Å². The van der Waals surface area contributed by atoms with Crippen molar-refractivity contribution in [3.8, 4) is 0 Å². The third-order valence-corrected chi connectivity index (χ3v) is 0.201. The van der Waals surface area contributed by atoms with Crippen molar-refractivity contribution >= 4 is 43.1 Å². The Balaban J connectivity index is -0.0000000267. The van der Waals surface area contributed by atoms with E-state index >= 15 is 0 Å². The Hall–Kier alpha value is 0.0800. The van der Waals surface area contributed by atoms with Crippen LogP contribution in [0.25, 0.3) is 0 Å². The summed E-state index contributed by atoms with van der Waals surface area (Å²) in [5.41, 5.74) is 4.53. The molecule has 0 aliphatic rings. The maximum Gasteiger partial charge on any atom is 0.240 e. The van der Waals surface area contributed by atoms with Gasteiger partial charge in [0.25, 0.3) is 0 Å². The van der Waals surface area contributed by atoms with Gasteiger partial charge < -0.3 is 5.73 Å². The molecule has 0 saturated carbocycles. The highest BCUT2D eigenvalue weighted by Crippen LogP contribution is 1.48. The fourth-order valence-corrected chi connectivity index (χ4v) is 0. The van der Waals surface area contributed by atoms with Gasteiger partial charge in [0.15, 0.2) is 0 Å². The average molecular weight is 180 g/mol. The number of amides is 1. The molecule has 0 aliphatic carbocycles. The van der Waals surface area contributed by atoms with Crippen molar-refractivity contribution in [2.24, 2.45) is 5.73 Å². The van der Waals surface area contributed by atoms with Crippen molar-refractivity contribution in [2.75, 3.05) is 0 Å². The molecule has 0 bridgehead atoms. The number of primary amides is 1. The molecule has 52 valence electrons. The lowest BCUT2D eigenvalue weighted by molar-refractivity contribution is -0.113. The topological polar surface area (TPSA) is 43.1 Å². The van der Waals surface area contributed by atoms with Gasteiger partial charge in [-0.1, -0.05) is 6.58 Å². The molecule has 0 radical (unpaired) electrons. The summed E-state index contributed by atoms with van der Waals surface area (Å²) in [6.45, 7) is 3.09. The van der Waals surface area contributed by atoms with Gasteiger partial charge in [-0.2, -0.15) is 0 Å². The molecule has 2 N–H and O–H groups in total. The molecular formula is C3H8Cl3NO. The summed E-state index contributed by atoms with van der Waals surface area (Å²) < 4.78 is 0. The van der Waals surface area contributed by atoms with E-state index in [9.17, 15) is 4.79 Å². The Morgan fingerprint density at radius 3 is 1.50 bits per heavy atom. The molecule has 0 saturated heterocycles. The lowest BCUT2D eigenvalue weighted by Crippen LogP contribution is -2.04. The van der Waals surface area contributed by atoms with E-state index in [0.29, 0.717) is 0 Å². The highest BCUT2D eigenvalue weighted by molar-refractivity contribution is 5.86. The molecule has 0 aromatic heterocycles. The largest absolute Gasteiger partial charge is 0.366 e. The summed E-state index contributed by atoms with van der Waals surface area (Å²) >= 11 is 0. The molecule has 0 aliphatic heterocycles. The first kappa shape index (κ1) is 24.3. The molecule has 0 heterocycles. The second-order valence-corrected chi connectivity index (χ2v) is 0.606. The van der Waals surface area contributed by atoms with Crippen molar-refractivity contribution in [1.29, 1.82) is 0 Å². The van der Waals surface area contributed by atoms with Crippen LogP contribution in [0.1, 0.15) is 0 Å². The Kier molecular flexibility index (Phi) is 47.8. The summed E-state index contributed by atoms with van der Waals surface area (Å²) in [4.78, 5) is 9.47. The molecule has 0 rings (SSSR count). The zero-order chi connectivity index (χ0) is 4.28. The maximum atomic E-state index is 9.47. The number of carbonyl (C=O) groups excluding carboxylic acids is 1. The summed E-state index contributed by atoms with van der Waals surface area (Å²) in [5, 5.41) is 0. The molecule has 0 spiro atoms. The number of hydrogen-bond acceptors (Lipinski definition) is 1. The molecule has 5 heteroatoms. The fourth-order valence-electron chi connectivity index (χ4n) is 0. The Labute approximate surface area is 66.7 Å². The van der Waals surface area contributed by atoms with Gasteiger partial charge in [0.05, 0.1) is 0 Å². The van der Waals surface area contributed by atoms with E-state index in [1.54, 1.807) is 0 Å². The van der Waals surface area contributed by atoms with Gasteiger partial charge >= 0.3 is 0 Å². The summed E-state index contributed by atoms with van der Waals surface area (Å²) in [5.74, 6) is -0.481. The SMILES string of the molecule is C=CC(N)=O.Cl.Cl.Cl. The Morgan fingerprint density at radius 1 is 1.38 bits per heavy atom. The smallest absolute Gasteiger partial charge is 0.240 e. The first-order valence-corrected chi connectivity index (χ1v) is 1.19. The average Bonchev–Trinajstić information content (AvgIpc) is 1.38. The molecular weight excluding hydrogens is 172 g/mol. The normalized spacial score (nSPS) is 4.00. The minimum atomic E-state index is -0.481. The predicted molar refractivity (Wildman–Crippen MR) is 41.1 cm³/mol. The van der Waals surface area contributed by atoms with E-state index in [1.807, 2.05) is 0 Å². The first-order chi connectivity index (χ1) is 2.27. The minimum Gasteiger partial charge on any atom is -0.366 e. The van der Waals surface area contributed by atoms with Crippen LogP contribution in [0, 0.1) is 0 Å². The summed E-state index contributed by atoms with van der Waals surface area (Å²) in [6.07, 6.45) is 1.06. The van der Waals surface area contributed by atoms with Crippen molar-refractivity contribution in [3.63, 3.8) is 0 Å². The summed E-state index contributed by atoms with van der Waals surface area (Å²) in [6, 6.07) is 0. The number of nitrogens with two attached hydrogens (primary N) is 1. The minimum absolute atomic E-state index is 0. The standard InChI is InChI=1S/C3H5NO.3ClH/c1-2-3(4)5;;;/h2H,1H2,(H2,4,5);3*1H. The van der Waals surface area contributed by atoms with E-state index in [1.165, 1.54) is 0 Å². The quantitative estimate of drug-likeness (QED) is 0.599. The van der Waals surface area contributed by atoms with E-state index in [0.717, 1.165) is 6.08 Å². The zero-order valence-electron chi connectivity index (χ0n) is 3.99. The van der Waals surface area contributed by atoms with Gasteiger partial charge in [-0.15, -0.1) is 37.2 Å². The summed E-state index contributed by atoms with van der Waals surface area (Å²) in [7, 11) is 0. The van der Waals surface area contributed by atoms with Gasteiger partial charge in [-0.25, -0.2) is 0 Å². The molecule has 0 unspecified atom stereocenters. The van der Waals surface area contributed by atoms with Crippen LogP contribution in [-0.2, 0) is 4.79 Å². The molecule has 0 atom stereocenters. The number of carbonyl (C=O) groups is 1. The second kappa shape index (κ2) is 15.7. The lowest BCUT2D eigenvalue weighted by Gasteiger charge is -1.65. The van der Waals surface area contributed by atoms with Crippen molar-refractivity contribution in [2.45, 2.75) is 0 Å². The number of hydrogen-bond donors (Lipinski definition) is 1. The molecule has 0 aromatic carbocycles. The third kappa shape index (κ3) is 36.3. The monoisotopic (exact) mass is 179 g/mol. The maximum absolute atomic E-state index is 9.47. The molecule has 0 fully saturated rings. The van der Waals surface area contributed by atoms with Gasteiger partial charge in [0.1, 0.15) is 0 Å². The van der Waals surface area contributed by atoms with Gasteiger partial charge in [-0.05, 0) is 6.08 Å². The number of rotatable bonds is 1. The third-order valence-electron chi connectivity index (χ3n) is 0.201. The molecule has 0 aromatic rings. The van der Waals surface area contributed by atoms with Gasteiger partial charge in [0, 0.05) is 0 Å². The van der Waals surface area contributed by atoms with Crippen LogP contribution in [0.15, 0.2) is 12.7 Å². The van der Waals surface area contributed by atoms with Gasteiger partial charge in [0.2, 0.25) is 5.91 Å². The van der Waals surface area contributed by atoms with Crippen molar-refractivity contribution in [1.82, 2.24) is 0 Å². The highest BCUT2D eigenvalue weighted by atomic mass is 35.5. The Morgan fingerprint density at radius 2 is 1.50 bits per heavy atom. The van der Waals surface area contributed by atoms with Crippen LogP contribution in [0.4, 0.5) is 0 Å². The van der Waals surface area contributed by atoms with E-state index < -0.39 is 5.91 Å². The van der Waals surface area contributed by atoms with E-state index in [4.69, 9.17) is 0 Å². The second-order valence-electron chi connectivity index (χ2n) is 0.606. The molecule has 2 nitrogen and oxygen atoms in total. The lowest BCUT2D eigenvalue weighted by atomic mass is 10.6. The highest BCUT2D eigenvalue weighted by Gasteiger charge is 1.69. The van der Waals surface area contributed by atoms with E-state index in [-0.39, 0.29) is 37.2 Å². The molecule has 1 amide bonds.